The van der Waals surface area contributed by atoms with Gasteiger partial charge in [0.1, 0.15) is 0 Å². The number of anilines is 3. The zero-order valence-corrected chi connectivity index (χ0v) is 14.9. The number of aromatic nitrogens is 2. The second kappa shape index (κ2) is 7.70. The number of nitrogens with one attached hydrogen (secondary N) is 2. The summed E-state index contributed by atoms with van der Waals surface area (Å²) in [6.07, 6.45) is 2.80. The van der Waals surface area contributed by atoms with Crippen molar-refractivity contribution in [2.75, 3.05) is 29.9 Å². The van der Waals surface area contributed by atoms with Crippen LogP contribution in [0.1, 0.15) is 31.0 Å². The number of benzene rings is 1. The van der Waals surface area contributed by atoms with Gasteiger partial charge in [-0.25, -0.2) is 4.98 Å². The summed E-state index contributed by atoms with van der Waals surface area (Å²) in [5.41, 5.74) is 3.07. The van der Waals surface area contributed by atoms with Gasteiger partial charge < -0.3 is 15.3 Å². The first-order valence-electron chi connectivity index (χ1n) is 8.89. The molecule has 1 aliphatic rings. The lowest BCUT2D eigenvalue weighted by atomic mass is 9.99. The lowest BCUT2D eigenvalue weighted by molar-refractivity contribution is 0.298. The van der Waals surface area contributed by atoms with E-state index in [1.165, 1.54) is 18.5 Å². The summed E-state index contributed by atoms with van der Waals surface area (Å²) in [7, 11) is 0. The van der Waals surface area contributed by atoms with Gasteiger partial charge in [-0.1, -0.05) is 6.92 Å². The predicted octanol–water partition coefficient (Wildman–Crippen LogP) is 2.59. The summed E-state index contributed by atoms with van der Waals surface area (Å²) < 4.78 is 0. The van der Waals surface area contributed by atoms with E-state index in [4.69, 9.17) is 5.11 Å². The molecule has 0 aliphatic carbocycles. The Bertz CT molecular complexity index is 762. The summed E-state index contributed by atoms with van der Waals surface area (Å²) in [4.78, 5) is 21.6. The van der Waals surface area contributed by atoms with E-state index >= 15 is 0 Å². The molecule has 1 saturated heterocycles. The number of aryl methyl sites for hydroxylation is 1. The molecule has 134 valence electrons. The van der Waals surface area contributed by atoms with Crippen molar-refractivity contribution in [3.63, 3.8) is 0 Å². The van der Waals surface area contributed by atoms with Crippen LogP contribution >= 0.6 is 0 Å². The van der Waals surface area contributed by atoms with Gasteiger partial charge in [-0.15, -0.1) is 0 Å². The third-order valence-corrected chi connectivity index (χ3v) is 4.86. The Balaban J connectivity index is 1.70. The van der Waals surface area contributed by atoms with Crippen LogP contribution in [0, 0.1) is 12.8 Å². The zero-order chi connectivity index (χ0) is 17.8. The van der Waals surface area contributed by atoms with Crippen LogP contribution < -0.4 is 15.8 Å². The minimum absolute atomic E-state index is 0.0604. The largest absolute Gasteiger partial charge is 0.396 e. The topological polar surface area (TPSA) is 81.2 Å². The molecule has 1 aliphatic heterocycles. The molecule has 0 bridgehead atoms. The van der Waals surface area contributed by atoms with Crippen LogP contribution in [-0.4, -0.2) is 34.8 Å². The highest BCUT2D eigenvalue weighted by molar-refractivity contribution is 5.59. The van der Waals surface area contributed by atoms with Crippen LogP contribution in [0.25, 0.3) is 0 Å². The third-order valence-electron chi connectivity index (χ3n) is 4.86. The number of hydrogen-bond acceptors (Lipinski definition) is 5. The van der Waals surface area contributed by atoms with Gasteiger partial charge in [0, 0.05) is 43.1 Å². The maximum absolute atomic E-state index is 12.1. The van der Waals surface area contributed by atoms with Gasteiger partial charge in [0.15, 0.2) is 0 Å². The average Bonchev–Trinajstić information content (AvgIpc) is 2.60. The van der Waals surface area contributed by atoms with Crippen LogP contribution in [0.5, 0.6) is 0 Å². The van der Waals surface area contributed by atoms with Crippen LogP contribution in [0.3, 0.4) is 0 Å². The number of hydrogen-bond donors (Lipinski definition) is 3. The first-order chi connectivity index (χ1) is 12.1. The number of nitrogens with zero attached hydrogens (tertiary/aromatic N) is 2. The second-order valence-electron chi connectivity index (χ2n) is 6.79. The van der Waals surface area contributed by atoms with Crippen LogP contribution in [0.15, 0.2) is 29.1 Å². The zero-order valence-electron chi connectivity index (χ0n) is 14.9. The first-order valence-corrected chi connectivity index (χ1v) is 8.89. The number of aliphatic hydroxyl groups excluding tert-OH is 1. The van der Waals surface area contributed by atoms with Gasteiger partial charge in [-0.05, 0) is 49.9 Å². The van der Waals surface area contributed by atoms with Gasteiger partial charge in [0.2, 0.25) is 5.95 Å². The van der Waals surface area contributed by atoms with Gasteiger partial charge in [-0.3, -0.25) is 9.78 Å². The lowest BCUT2D eigenvalue weighted by Crippen LogP contribution is -2.32. The maximum atomic E-state index is 12.1. The number of aliphatic hydroxyl groups is 1. The van der Waals surface area contributed by atoms with E-state index in [0.717, 1.165) is 24.7 Å². The molecule has 0 radical (unpaired) electrons. The van der Waals surface area contributed by atoms with E-state index in [2.05, 4.69) is 39.2 Å². The van der Waals surface area contributed by atoms with Gasteiger partial charge >= 0.3 is 0 Å². The van der Waals surface area contributed by atoms with Crippen molar-refractivity contribution >= 4 is 17.3 Å². The predicted molar refractivity (Wildman–Crippen MR) is 101 cm³/mol. The Hall–Kier alpha value is -2.34. The number of H-pyrrole nitrogens is 1. The highest BCUT2D eigenvalue weighted by atomic mass is 16.3. The molecule has 0 unspecified atom stereocenters. The Kier molecular flexibility index (Phi) is 5.38. The van der Waals surface area contributed by atoms with Crippen molar-refractivity contribution in [3.05, 3.63) is 45.9 Å². The Morgan fingerprint density at radius 3 is 2.56 bits per heavy atom. The molecule has 2 aromatic rings. The monoisotopic (exact) mass is 342 g/mol. The van der Waals surface area contributed by atoms with E-state index < -0.39 is 0 Å². The molecule has 1 aromatic carbocycles. The summed E-state index contributed by atoms with van der Waals surface area (Å²) >= 11 is 0. The summed E-state index contributed by atoms with van der Waals surface area (Å²) in [5, 5.41) is 12.2. The van der Waals surface area contributed by atoms with Crippen molar-refractivity contribution in [3.8, 4) is 0 Å². The minimum Gasteiger partial charge on any atom is -0.396 e. The molecule has 3 rings (SSSR count). The van der Waals surface area contributed by atoms with Crippen molar-refractivity contribution in [1.82, 2.24) is 9.97 Å². The maximum Gasteiger partial charge on any atom is 0.255 e. The van der Waals surface area contributed by atoms with Crippen LogP contribution in [-0.2, 0) is 6.42 Å². The van der Waals surface area contributed by atoms with Crippen LogP contribution in [0.4, 0.5) is 17.3 Å². The summed E-state index contributed by atoms with van der Waals surface area (Å²) in [6, 6.07) is 8.21. The van der Waals surface area contributed by atoms with E-state index in [9.17, 15) is 4.79 Å². The van der Waals surface area contributed by atoms with Crippen molar-refractivity contribution < 1.29 is 5.11 Å². The van der Waals surface area contributed by atoms with Gasteiger partial charge in [0.05, 0.1) is 5.69 Å². The number of piperidine rings is 1. The fourth-order valence-electron chi connectivity index (χ4n) is 3.23. The van der Waals surface area contributed by atoms with Crippen molar-refractivity contribution in [2.24, 2.45) is 5.92 Å². The molecule has 0 amide bonds. The average molecular weight is 342 g/mol. The number of rotatable bonds is 5. The summed E-state index contributed by atoms with van der Waals surface area (Å²) in [6.45, 7) is 6.25. The second-order valence-corrected chi connectivity index (χ2v) is 6.79. The Morgan fingerprint density at radius 2 is 1.96 bits per heavy atom. The quantitative estimate of drug-likeness (QED) is 0.778. The van der Waals surface area contributed by atoms with E-state index in [1.807, 2.05) is 12.1 Å². The van der Waals surface area contributed by atoms with Gasteiger partial charge in [-0.2, -0.15) is 0 Å². The molecule has 0 spiro atoms. The molecular weight excluding hydrogens is 316 g/mol. The molecule has 6 heteroatoms. The van der Waals surface area contributed by atoms with E-state index in [-0.39, 0.29) is 12.2 Å². The fourth-order valence-corrected chi connectivity index (χ4v) is 3.23. The van der Waals surface area contributed by atoms with Crippen molar-refractivity contribution in [1.29, 1.82) is 0 Å². The molecule has 2 heterocycles. The molecule has 25 heavy (non-hydrogen) atoms. The highest BCUT2D eigenvalue weighted by Crippen LogP contribution is 2.24. The molecular formula is C19H26N4O2. The highest BCUT2D eigenvalue weighted by Gasteiger charge is 2.16. The standard InChI is InChI=1S/C19H26N4O2/c1-13-7-10-23(11-8-13)16-5-3-15(4-6-16)21-19-20-14(2)17(9-12-24)18(25)22-19/h3-6,13,24H,7-12H2,1-2H3,(H2,20,21,22,25). The molecule has 0 saturated carbocycles. The third kappa shape index (κ3) is 4.20. The first kappa shape index (κ1) is 17.5. The van der Waals surface area contributed by atoms with E-state index in [1.54, 1.807) is 6.92 Å². The molecule has 1 fully saturated rings. The number of aromatic amines is 1. The molecule has 6 nitrogen and oxygen atoms in total. The normalized spacial score (nSPS) is 15.4. The molecule has 3 N–H and O–H groups in total. The Morgan fingerprint density at radius 1 is 1.28 bits per heavy atom. The lowest BCUT2D eigenvalue weighted by Gasteiger charge is -2.32. The SMILES string of the molecule is Cc1nc(Nc2ccc(N3CCC(C)CC3)cc2)[nH]c(=O)c1CCO. The van der Waals surface area contributed by atoms with Gasteiger partial charge in [0.25, 0.3) is 5.56 Å². The fraction of sp³-hybridized carbons (Fsp3) is 0.474. The molecule has 1 aromatic heterocycles. The smallest absolute Gasteiger partial charge is 0.255 e. The van der Waals surface area contributed by atoms with Crippen molar-refractivity contribution in [2.45, 2.75) is 33.1 Å². The molecule has 0 atom stereocenters. The Labute approximate surface area is 147 Å². The van der Waals surface area contributed by atoms with E-state index in [0.29, 0.717) is 23.6 Å². The minimum atomic E-state index is -0.205. The van der Waals surface area contributed by atoms with Crippen LogP contribution in [0.2, 0.25) is 0 Å². The summed E-state index contributed by atoms with van der Waals surface area (Å²) in [5.74, 6) is 1.24.